The first-order valence-electron chi connectivity index (χ1n) is 9.88. The minimum Gasteiger partial charge on any atom is -0.377 e. The van der Waals surface area contributed by atoms with Crippen LogP contribution in [0, 0.1) is 0 Å². The van der Waals surface area contributed by atoms with Crippen molar-refractivity contribution in [3.8, 4) is 0 Å². The Bertz CT molecular complexity index is 897. The predicted octanol–water partition coefficient (Wildman–Crippen LogP) is 1.17. The van der Waals surface area contributed by atoms with Crippen molar-refractivity contribution in [1.29, 1.82) is 0 Å². The molecule has 2 aliphatic rings. The number of aromatic nitrogens is 3. The van der Waals surface area contributed by atoms with Crippen LogP contribution in [-0.4, -0.2) is 64.8 Å². The summed E-state index contributed by atoms with van der Waals surface area (Å²) in [5, 5.41) is 13.2. The molecule has 11 heteroatoms. The highest BCUT2D eigenvalue weighted by molar-refractivity contribution is 14.0. The van der Waals surface area contributed by atoms with Crippen molar-refractivity contribution < 1.29 is 9.53 Å². The van der Waals surface area contributed by atoms with E-state index in [0.29, 0.717) is 31.5 Å². The van der Waals surface area contributed by atoms with Crippen molar-refractivity contribution in [1.82, 2.24) is 30.3 Å². The van der Waals surface area contributed by atoms with Gasteiger partial charge in [0, 0.05) is 44.6 Å². The lowest BCUT2D eigenvalue weighted by molar-refractivity contribution is -0.130. The monoisotopic (exact) mass is 545 g/mol. The van der Waals surface area contributed by atoms with Crippen molar-refractivity contribution in [2.24, 2.45) is 4.99 Å². The first kappa shape index (κ1) is 22.9. The van der Waals surface area contributed by atoms with E-state index in [2.05, 4.69) is 37.2 Å². The van der Waals surface area contributed by atoms with Gasteiger partial charge in [-0.25, -0.2) is 9.67 Å². The lowest BCUT2D eigenvalue weighted by Gasteiger charge is -2.28. The number of nitrogens with zero attached hydrogens (tertiary/aromatic N) is 5. The van der Waals surface area contributed by atoms with Crippen LogP contribution in [0.15, 0.2) is 16.4 Å². The van der Waals surface area contributed by atoms with Crippen LogP contribution >= 0.6 is 35.3 Å². The first-order chi connectivity index (χ1) is 14.2. The minimum absolute atomic E-state index is 0. The van der Waals surface area contributed by atoms with E-state index in [1.165, 1.54) is 10.4 Å². The molecule has 4 heterocycles. The van der Waals surface area contributed by atoms with E-state index in [1.807, 2.05) is 9.58 Å². The molecule has 0 radical (unpaired) electrons. The second-order valence-electron chi connectivity index (χ2n) is 7.30. The van der Waals surface area contributed by atoms with Gasteiger partial charge in [-0.3, -0.25) is 9.79 Å². The van der Waals surface area contributed by atoms with Crippen LogP contribution in [0.2, 0.25) is 0 Å². The molecule has 2 aromatic rings. The van der Waals surface area contributed by atoms with E-state index in [1.54, 1.807) is 25.5 Å². The number of aliphatic imine (C=N–C) groups is 1. The summed E-state index contributed by atoms with van der Waals surface area (Å²) in [5.41, 5.74) is 1.27. The maximum atomic E-state index is 12.6. The topological polar surface area (TPSA) is 96.7 Å². The fourth-order valence-corrected chi connectivity index (χ4v) is 4.68. The van der Waals surface area contributed by atoms with Gasteiger partial charge < -0.3 is 20.3 Å². The van der Waals surface area contributed by atoms with Crippen LogP contribution in [0.25, 0.3) is 0 Å². The number of rotatable bonds is 5. The number of guanidine groups is 1. The van der Waals surface area contributed by atoms with Gasteiger partial charge in [-0.1, -0.05) is 0 Å². The van der Waals surface area contributed by atoms with Crippen molar-refractivity contribution in [3.05, 3.63) is 33.5 Å². The molecule has 1 unspecified atom stereocenters. The summed E-state index contributed by atoms with van der Waals surface area (Å²) < 4.78 is 7.05. The molecule has 0 aliphatic carbocycles. The van der Waals surface area contributed by atoms with Gasteiger partial charge in [0.2, 0.25) is 5.91 Å². The zero-order valence-corrected chi connectivity index (χ0v) is 20.4. The number of amides is 1. The first-order valence-corrected chi connectivity index (χ1v) is 10.8. The van der Waals surface area contributed by atoms with Gasteiger partial charge >= 0.3 is 0 Å². The Morgan fingerprint density at radius 3 is 3.10 bits per heavy atom. The number of hydrogen-bond acceptors (Lipinski definition) is 6. The van der Waals surface area contributed by atoms with Gasteiger partial charge in [0.15, 0.2) is 11.8 Å². The fourth-order valence-electron chi connectivity index (χ4n) is 3.79. The maximum absolute atomic E-state index is 12.6. The summed E-state index contributed by atoms with van der Waals surface area (Å²) in [6.45, 7) is 2.85. The number of thiophene rings is 1. The standard InChI is InChI=1S/C19H27N7O2S.HI/c1-20-19(21-9-18(27)25-7-5-15-13(10-25)6-8-29-15)22-14-3-4-17-23-16(12-28-2)24-26(17)11-14;/h6,8,14H,3-5,7,9-12H2,1-2H3,(H2,20,21,22);1H. The van der Waals surface area contributed by atoms with E-state index < -0.39 is 0 Å². The Labute approximate surface area is 197 Å². The molecule has 0 saturated heterocycles. The number of aryl methyl sites for hydroxylation is 1. The molecule has 1 amide bonds. The Kier molecular flexibility index (Phi) is 8.06. The summed E-state index contributed by atoms with van der Waals surface area (Å²) >= 11 is 1.78. The number of nitrogens with one attached hydrogen (secondary N) is 2. The highest BCUT2D eigenvalue weighted by Gasteiger charge is 2.24. The van der Waals surface area contributed by atoms with Crippen LogP contribution in [0.3, 0.4) is 0 Å². The molecule has 0 bridgehead atoms. The maximum Gasteiger partial charge on any atom is 0.242 e. The Balaban J connectivity index is 0.00000256. The average molecular weight is 545 g/mol. The third kappa shape index (κ3) is 5.30. The fraction of sp³-hybridized carbons (Fsp3) is 0.579. The summed E-state index contributed by atoms with van der Waals surface area (Å²) in [4.78, 5) is 24.7. The molecule has 2 N–H and O–H groups in total. The third-order valence-corrected chi connectivity index (χ3v) is 6.33. The van der Waals surface area contributed by atoms with Crippen LogP contribution in [0.4, 0.5) is 0 Å². The van der Waals surface area contributed by atoms with Crippen LogP contribution in [0.5, 0.6) is 0 Å². The number of carbonyl (C=O) groups excluding carboxylic acids is 1. The van der Waals surface area contributed by atoms with Gasteiger partial charge in [-0.05, 0) is 29.9 Å². The number of ether oxygens (including phenoxy) is 1. The molecule has 0 spiro atoms. The third-order valence-electron chi connectivity index (χ3n) is 5.31. The quantitative estimate of drug-likeness (QED) is 0.333. The molecule has 9 nitrogen and oxygen atoms in total. The molecular weight excluding hydrogens is 517 g/mol. The van der Waals surface area contributed by atoms with E-state index in [9.17, 15) is 4.79 Å². The predicted molar refractivity (Wildman–Crippen MR) is 126 cm³/mol. The lowest BCUT2D eigenvalue weighted by Crippen LogP contribution is -2.50. The van der Waals surface area contributed by atoms with Gasteiger partial charge in [-0.2, -0.15) is 5.10 Å². The minimum atomic E-state index is 0. The average Bonchev–Trinajstić information content (AvgIpc) is 3.36. The smallest absolute Gasteiger partial charge is 0.242 e. The van der Waals surface area contributed by atoms with Gasteiger partial charge in [0.05, 0.1) is 13.1 Å². The summed E-state index contributed by atoms with van der Waals surface area (Å²) in [5.74, 6) is 2.44. The number of methoxy groups -OCH3 is 1. The number of halogens is 1. The molecule has 2 aromatic heterocycles. The van der Waals surface area contributed by atoms with E-state index in [4.69, 9.17) is 4.74 Å². The highest BCUT2D eigenvalue weighted by Crippen LogP contribution is 2.23. The van der Waals surface area contributed by atoms with Crippen molar-refractivity contribution >= 4 is 47.2 Å². The van der Waals surface area contributed by atoms with Crippen LogP contribution < -0.4 is 10.6 Å². The Morgan fingerprint density at radius 2 is 2.30 bits per heavy atom. The Hall–Kier alpha value is -1.73. The normalized spacial score (nSPS) is 18.3. The van der Waals surface area contributed by atoms with Gasteiger partial charge in [0.1, 0.15) is 12.4 Å². The SMILES string of the molecule is CN=C(NCC(=O)N1CCc2sccc2C1)NC1CCc2nc(COC)nn2C1.I. The van der Waals surface area contributed by atoms with E-state index in [0.717, 1.165) is 31.6 Å². The lowest BCUT2D eigenvalue weighted by atomic mass is 10.1. The van der Waals surface area contributed by atoms with E-state index in [-0.39, 0.29) is 42.5 Å². The van der Waals surface area contributed by atoms with Crippen molar-refractivity contribution in [2.75, 3.05) is 27.2 Å². The molecule has 4 rings (SSSR count). The van der Waals surface area contributed by atoms with Crippen molar-refractivity contribution in [2.45, 2.75) is 45.0 Å². The summed E-state index contributed by atoms with van der Waals surface area (Å²) in [6.07, 6.45) is 2.73. The molecule has 1 atom stereocenters. The van der Waals surface area contributed by atoms with Gasteiger partial charge in [0.25, 0.3) is 0 Å². The second kappa shape index (κ2) is 10.5. The summed E-state index contributed by atoms with van der Waals surface area (Å²) in [7, 11) is 3.36. The van der Waals surface area contributed by atoms with Crippen LogP contribution in [-0.2, 0) is 42.1 Å². The number of carbonyl (C=O) groups is 1. The highest BCUT2D eigenvalue weighted by atomic mass is 127. The molecule has 164 valence electrons. The molecule has 0 saturated carbocycles. The molecule has 30 heavy (non-hydrogen) atoms. The molecule has 0 fully saturated rings. The molecule has 2 aliphatic heterocycles. The Morgan fingerprint density at radius 1 is 1.43 bits per heavy atom. The molecule has 0 aromatic carbocycles. The van der Waals surface area contributed by atoms with Crippen LogP contribution in [0.1, 0.15) is 28.5 Å². The van der Waals surface area contributed by atoms with Gasteiger partial charge in [-0.15, -0.1) is 35.3 Å². The largest absolute Gasteiger partial charge is 0.377 e. The molecular formula is C19H28IN7O2S. The number of fused-ring (bicyclic) bond motifs is 2. The second-order valence-corrected chi connectivity index (χ2v) is 8.30. The van der Waals surface area contributed by atoms with Crippen molar-refractivity contribution in [3.63, 3.8) is 0 Å². The van der Waals surface area contributed by atoms with E-state index >= 15 is 0 Å². The number of hydrogen-bond donors (Lipinski definition) is 2. The summed E-state index contributed by atoms with van der Waals surface area (Å²) in [6, 6.07) is 2.30. The zero-order valence-electron chi connectivity index (χ0n) is 17.3. The zero-order chi connectivity index (χ0) is 20.2.